The number of carbonyl (C=O) groups is 1. The second kappa shape index (κ2) is 4.98. The van der Waals surface area contributed by atoms with Gasteiger partial charge in [0.25, 0.3) is 5.91 Å². The Morgan fingerprint density at radius 3 is 3.05 bits per heavy atom. The normalized spacial score (nSPS) is 30.5. The van der Waals surface area contributed by atoms with Crippen LogP contribution in [0.25, 0.3) is 0 Å². The largest absolute Gasteiger partial charge is 0.468 e. The zero-order valence-corrected chi connectivity index (χ0v) is 11.4. The minimum absolute atomic E-state index is 0.0762. The molecule has 3 rings (SSSR count). The Morgan fingerprint density at radius 2 is 2.37 bits per heavy atom. The summed E-state index contributed by atoms with van der Waals surface area (Å²) in [6.45, 7) is 1.82. The lowest BCUT2D eigenvalue weighted by molar-refractivity contribution is -0.140. The molecule has 1 aromatic rings. The molecule has 0 saturated carbocycles. The fourth-order valence-electron chi connectivity index (χ4n) is 3.08. The first-order chi connectivity index (χ1) is 9.15. The smallest absolute Gasteiger partial charge is 0.251 e. The van der Waals surface area contributed by atoms with Crippen molar-refractivity contribution in [2.45, 2.75) is 37.6 Å². The third kappa shape index (κ3) is 2.40. The molecule has 19 heavy (non-hydrogen) atoms. The van der Waals surface area contributed by atoms with Gasteiger partial charge in [-0.05, 0) is 18.6 Å². The predicted octanol–water partition coefficient (Wildman–Crippen LogP) is 1.10. The number of nitrogens with zero attached hydrogens (tertiary/aromatic N) is 2. The Morgan fingerprint density at radius 1 is 1.53 bits per heavy atom. The van der Waals surface area contributed by atoms with Crippen molar-refractivity contribution >= 4 is 5.91 Å². The molecule has 0 aromatic carbocycles. The average Bonchev–Trinajstić information content (AvgIpc) is 3.07. The summed E-state index contributed by atoms with van der Waals surface area (Å²) in [6.07, 6.45) is 3.42. The summed E-state index contributed by atoms with van der Waals surface area (Å²) < 4.78 is 11.3. The van der Waals surface area contributed by atoms with Gasteiger partial charge in [-0.3, -0.25) is 9.69 Å². The minimum Gasteiger partial charge on any atom is -0.468 e. The van der Waals surface area contributed by atoms with E-state index >= 15 is 0 Å². The van der Waals surface area contributed by atoms with Crippen LogP contribution in [0.3, 0.4) is 0 Å². The molecular weight excluding hydrogens is 244 g/mol. The number of hydrogen-bond donors (Lipinski definition) is 0. The number of hydrogen-bond acceptors (Lipinski definition) is 4. The standard InChI is InChI=1S/C14H20N2O3/c1-15(2)14(17)13-8-11-12(19-13)5-6-16(11)9-10-4-3-7-18-10/h3-4,7,11-13H,5-6,8-9H2,1-2H3/t11-,12-,13+/m1/s1. The molecule has 0 bridgehead atoms. The van der Waals surface area contributed by atoms with Crippen molar-refractivity contribution in [3.05, 3.63) is 24.2 Å². The molecule has 2 aliphatic rings. The van der Waals surface area contributed by atoms with Crippen LogP contribution in [-0.4, -0.2) is 54.6 Å². The third-order valence-corrected chi connectivity index (χ3v) is 4.05. The number of ether oxygens (including phenoxy) is 1. The van der Waals surface area contributed by atoms with Crippen molar-refractivity contribution in [2.24, 2.45) is 0 Å². The molecule has 1 aromatic heterocycles. The van der Waals surface area contributed by atoms with Gasteiger partial charge in [0.05, 0.1) is 18.9 Å². The summed E-state index contributed by atoms with van der Waals surface area (Å²) in [4.78, 5) is 15.9. The van der Waals surface area contributed by atoms with Crippen molar-refractivity contribution < 1.29 is 13.9 Å². The van der Waals surface area contributed by atoms with Crippen LogP contribution in [0, 0.1) is 0 Å². The van der Waals surface area contributed by atoms with Crippen LogP contribution in [0.5, 0.6) is 0 Å². The van der Waals surface area contributed by atoms with Gasteiger partial charge in [0.2, 0.25) is 0 Å². The van der Waals surface area contributed by atoms with Gasteiger partial charge in [-0.15, -0.1) is 0 Å². The summed E-state index contributed by atoms with van der Waals surface area (Å²) in [5.74, 6) is 1.05. The fraction of sp³-hybridized carbons (Fsp3) is 0.643. The number of amides is 1. The summed E-state index contributed by atoms with van der Waals surface area (Å²) in [5.41, 5.74) is 0. The lowest BCUT2D eigenvalue weighted by Gasteiger charge is -2.21. The number of likely N-dealkylation sites (tertiary alicyclic amines) is 1. The van der Waals surface area contributed by atoms with Crippen molar-refractivity contribution in [2.75, 3.05) is 20.6 Å². The first-order valence-corrected chi connectivity index (χ1v) is 6.78. The highest BCUT2D eigenvalue weighted by molar-refractivity contribution is 5.80. The van der Waals surface area contributed by atoms with Gasteiger partial charge >= 0.3 is 0 Å². The second-order valence-corrected chi connectivity index (χ2v) is 5.54. The van der Waals surface area contributed by atoms with Crippen LogP contribution in [0.2, 0.25) is 0 Å². The Bertz CT molecular complexity index is 444. The maximum Gasteiger partial charge on any atom is 0.251 e. The van der Waals surface area contributed by atoms with Crippen molar-refractivity contribution in [3.8, 4) is 0 Å². The Labute approximate surface area is 113 Å². The Kier molecular flexibility index (Phi) is 3.33. The lowest BCUT2D eigenvalue weighted by atomic mass is 10.1. The quantitative estimate of drug-likeness (QED) is 0.820. The fourth-order valence-corrected chi connectivity index (χ4v) is 3.08. The second-order valence-electron chi connectivity index (χ2n) is 5.54. The van der Waals surface area contributed by atoms with Gasteiger partial charge in [-0.25, -0.2) is 0 Å². The Hall–Kier alpha value is -1.33. The van der Waals surface area contributed by atoms with E-state index < -0.39 is 0 Å². The maximum atomic E-state index is 12.0. The minimum atomic E-state index is -0.274. The molecular formula is C14H20N2O3. The van der Waals surface area contributed by atoms with Gasteiger partial charge in [0, 0.05) is 33.1 Å². The van der Waals surface area contributed by atoms with Gasteiger partial charge in [-0.2, -0.15) is 0 Å². The van der Waals surface area contributed by atoms with Gasteiger partial charge in [0.1, 0.15) is 11.9 Å². The zero-order valence-electron chi connectivity index (χ0n) is 11.4. The monoisotopic (exact) mass is 264 g/mol. The van der Waals surface area contributed by atoms with Crippen LogP contribution >= 0.6 is 0 Å². The molecule has 3 heterocycles. The molecule has 0 N–H and O–H groups in total. The summed E-state index contributed by atoms with van der Waals surface area (Å²) >= 11 is 0. The molecule has 3 atom stereocenters. The summed E-state index contributed by atoms with van der Waals surface area (Å²) in [7, 11) is 3.56. The number of carbonyl (C=O) groups excluding carboxylic acids is 1. The van der Waals surface area contributed by atoms with Gasteiger partial charge in [0.15, 0.2) is 0 Å². The van der Waals surface area contributed by atoms with E-state index in [0.29, 0.717) is 6.04 Å². The average molecular weight is 264 g/mol. The highest BCUT2D eigenvalue weighted by atomic mass is 16.5. The molecule has 0 radical (unpaired) electrons. The molecule has 2 aliphatic heterocycles. The van der Waals surface area contributed by atoms with E-state index in [1.807, 2.05) is 12.1 Å². The van der Waals surface area contributed by atoms with Crippen molar-refractivity contribution in [1.82, 2.24) is 9.80 Å². The molecule has 5 heteroatoms. The zero-order chi connectivity index (χ0) is 13.4. The molecule has 1 amide bonds. The molecule has 2 fully saturated rings. The first kappa shape index (κ1) is 12.7. The van der Waals surface area contributed by atoms with E-state index in [9.17, 15) is 4.79 Å². The van der Waals surface area contributed by atoms with Crippen LogP contribution in [0.1, 0.15) is 18.6 Å². The van der Waals surface area contributed by atoms with E-state index in [1.165, 1.54) is 0 Å². The topological polar surface area (TPSA) is 45.9 Å². The molecule has 0 spiro atoms. The van der Waals surface area contributed by atoms with Crippen molar-refractivity contribution in [1.29, 1.82) is 0 Å². The third-order valence-electron chi connectivity index (χ3n) is 4.05. The van der Waals surface area contributed by atoms with Crippen molar-refractivity contribution in [3.63, 3.8) is 0 Å². The van der Waals surface area contributed by atoms with Gasteiger partial charge < -0.3 is 14.1 Å². The first-order valence-electron chi connectivity index (χ1n) is 6.78. The number of rotatable bonds is 3. The predicted molar refractivity (Wildman–Crippen MR) is 69.5 cm³/mol. The maximum absolute atomic E-state index is 12.0. The van der Waals surface area contributed by atoms with E-state index in [4.69, 9.17) is 9.15 Å². The molecule has 0 aliphatic carbocycles. The SMILES string of the molecule is CN(C)C(=O)[C@@H]1C[C@@H]2[C@@H](CCN2Cc2ccco2)O1. The van der Waals surface area contributed by atoms with E-state index in [1.54, 1.807) is 25.3 Å². The molecule has 104 valence electrons. The van der Waals surface area contributed by atoms with Crippen LogP contribution in [-0.2, 0) is 16.1 Å². The van der Waals surface area contributed by atoms with Gasteiger partial charge in [-0.1, -0.05) is 0 Å². The molecule has 2 saturated heterocycles. The molecule has 5 nitrogen and oxygen atoms in total. The molecule has 0 unspecified atom stereocenters. The number of furan rings is 1. The summed E-state index contributed by atoms with van der Waals surface area (Å²) in [5, 5.41) is 0. The Balaban J connectivity index is 1.64. The number of likely N-dealkylation sites (N-methyl/N-ethyl adjacent to an activating group) is 1. The van der Waals surface area contributed by atoms with Crippen LogP contribution in [0.4, 0.5) is 0 Å². The van der Waals surface area contributed by atoms with E-state index in [2.05, 4.69) is 4.90 Å². The number of fused-ring (bicyclic) bond motifs is 1. The summed E-state index contributed by atoms with van der Waals surface area (Å²) in [6, 6.07) is 4.25. The highest BCUT2D eigenvalue weighted by Gasteiger charge is 2.45. The van der Waals surface area contributed by atoms with E-state index in [0.717, 1.165) is 31.7 Å². The van der Waals surface area contributed by atoms with Crippen LogP contribution in [0.15, 0.2) is 22.8 Å². The highest BCUT2D eigenvalue weighted by Crippen LogP contribution is 2.34. The lowest BCUT2D eigenvalue weighted by Crippen LogP contribution is -2.35. The van der Waals surface area contributed by atoms with Crippen LogP contribution < -0.4 is 0 Å². The van der Waals surface area contributed by atoms with E-state index in [-0.39, 0.29) is 18.1 Å².